The highest BCUT2D eigenvalue weighted by Gasteiger charge is 2.28. The van der Waals surface area contributed by atoms with Crippen LogP contribution in [0.4, 0.5) is 5.69 Å². The molecule has 0 saturated heterocycles. The van der Waals surface area contributed by atoms with Crippen LogP contribution in [0, 0.1) is 0 Å². The van der Waals surface area contributed by atoms with E-state index >= 15 is 0 Å². The van der Waals surface area contributed by atoms with Crippen LogP contribution in [0.3, 0.4) is 0 Å². The molecule has 0 aliphatic heterocycles. The van der Waals surface area contributed by atoms with Crippen molar-refractivity contribution >= 4 is 49.4 Å². The molecule has 6 aromatic carbocycles. The zero-order chi connectivity index (χ0) is 30.5. The Balaban J connectivity index is 1.37. The largest absolute Gasteiger partial charge is 0.497 e. The number of rotatable bonds is 9. The van der Waals surface area contributed by atoms with E-state index in [0.717, 1.165) is 32.7 Å². The summed E-state index contributed by atoms with van der Waals surface area (Å²) in [6, 6.07) is 40.2. The molecule has 0 bridgehead atoms. The standard InChI is InChI=1S/C36H29N3O4S/c1-43-29-19-21-30(22-20-29)44(41,42)39(25-26-11-3-2-4-12-26)35-18-10-9-17-33(35)36(40)38-37-24-34-31-15-7-5-13-27(31)23-28-14-6-8-16-32(28)34/h2-24H,25H2,1H3,(H,38,40)/b37-24+. The van der Waals surface area contributed by atoms with Crippen molar-refractivity contribution in [3.05, 3.63) is 150 Å². The van der Waals surface area contributed by atoms with Crippen molar-refractivity contribution in [3.8, 4) is 5.75 Å². The van der Waals surface area contributed by atoms with Gasteiger partial charge in [0.15, 0.2) is 0 Å². The van der Waals surface area contributed by atoms with Gasteiger partial charge in [-0.1, -0.05) is 91.0 Å². The summed E-state index contributed by atoms with van der Waals surface area (Å²) in [7, 11) is -2.57. The van der Waals surface area contributed by atoms with Crippen LogP contribution in [0.2, 0.25) is 0 Å². The Morgan fingerprint density at radius 3 is 2.02 bits per heavy atom. The molecule has 6 rings (SSSR count). The first kappa shape index (κ1) is 28.6. The molecular formula is C36H29N3O4S. The van der Waals surface area contributed by atoms with Crippen molar-refractivity contribution in [3.63, 3.8) is 0 Å². The molecule has 44 heavy (non-hydrogen) atoms. The SMILES string of the molecule is COc1ccc(S(=O)(=O)N(Cc2ccccc2)c2ccccc2C(=O)N/N=C/c2c3ccccc3cc3ccccc23)cc1. The van der Waals surface area contributed by atoms with Crippen LogP contribution in [-0.2, 0) is 16.6 Å². The fourth-order valence-corrected chi connectivity index (χ4v) is 6.68. The summed E-state index contributed by atoms with van der Waals surface area (Å²) in [5.74, 6) is -0.000410. The van der Waals surface area contributed by atoms with Crippen LogP contribution in [-0.4, -0.2) is 27.6 Å². The lowest BCUT2D eigenvalue weighted by molar-refractivity contribution is 0.0955. The number of hydrazone groups is 1. The van der Waals surface area contributed by atoms with E-state index in [2.05, 4.69) is 16.6 Å². The summed E-state index contributed by atoms with van der Waals surface area (Å²) in [6.07, 6.45) is 1.64. The van der Waals surface area contributed by atoms with Gasteiger partial charge in [0.2, 0.25) is 0 Å². The number of methoxy groups -OCH3 is 1. The minimum Gasteiger partial charge on any atom is -0.497 e. The lowest BCUT2D eigenvalue weighted by Crippen LogP contribution is -2.33. The maximum atomic E-state index is 14.1. The molecule has 0 unspecified atom stereocenters. The lowest BCUT2D eigenvalue weighted by atomic mass is 9.97. The van der Waals surface area contributed by atoms with Crippen LogP contribution in [0.5, 0.6) is 5.75 Å². The molecule has 218 valence electrons. The first-order valence-corrected chi connectivity index (χ1v) is 15.4. The van der Waals surface area contributed by atoms with E-state index in [1.165, 1.54) is 23.5 Å². The Hall–Kier alpha value is -5.47. The van der Waals surface area contributed by atoms with E-state index in [-0.39, 0.29) is 22.7 Å². The van der Waals surface area contributed by atoms with E-state index < -0.39 is 15.9 Å². The highest BCUT2D eigenvalue weighted by molar-refractivity contribution is 7.92. The molecule has 0 fully saturated rings. The van der Waals surface area contributed by atoms with Gasteiger partial charge in [-0.05, 0) is 69.6 Å². The smallest absolute Gasteiger partial charge is 0.273 e. The average Bonchev–Trinajstić information content (AvgIpc) is 3.07. The van der Waals surface area contributed by atoms with E-state index in [4.69, 9.17) is 4.74 Å². The third-order valence-electron chi connectivity index (χ3n) is 7.41. The summed E-state index contributed by atoms with van der Waals surface area (Å²) >= 11 is 0. The summed E-state index contributed by atoms with van der Waals surface area (Å²) in [6.45, 7) is 0.0186. The zero-order valence-electron chi connectivity index (χ0n) is 23.9. The number of hydrogen-bond acceptors (Lipinski definition) is 5. The maximum absolute atomic E-state index is 14.1. The summed E-state index contributed by atoms with van der Waals surface area (Å²) in [5, 5.41) is 8.46. The highest BCUT2D eigenvalue weighted by Crippen LogP contribution is 2.31. The van der Waals surface area contributed by atoms with Crippen molar-refractivity contribution < 1.29 is 17.9 Å². The fourth-order valence-electron chi connectivity index (χ4n) is 5.21. The number of anilines is 1. The zero-order valence-corrected chi connectivity index (χ0v) is 24.7. The monoisotopic (exact) mass is 599 g/mol. The number of hydrogen-bond donors (Lipinski definition) is 1. The minimum absolute atomic E-state index is 0.0186. The Bertz CT molecular complexity index is 2040. The summed E-state index contributed by atoms with van der Waals surface area (Å²) < 4.78 is 34.6. The molecule has 6 aromatic rings. The average molecular weight is 600 g/mol. The van der Waals surface area contributed by atoms with Gasteiger partial charge in [-0.2, -0.15) is 5.10 Å². The molecule has 0 atom stereocenters. The molecular weight excluding hydrogens is 570 g/mol. The number of nitrogens with one attached hydrogen (secondary N) is 1. The number of ether oxygens (including phenoxy) is 1. The van der Waals surface area contributed by atoms with Gasteiger partial charge in [0.05, 0.1) is 36.0 Å². The van der Waals surface area contributed by atoms with Gasteiger partial charge in [-0.15, -0.1) is 0 Å². The van der Waals surface area contributed by atoms with Gasteiger partial charge < -0.3 is 4.74 Å². The van der Waals surface area contributed by atoms with Gasteiger partial charge >= 0.3 is 0 Å². The van der Waals surface area contributed by atoms with Crippen molar-refractivity contribution in [1.29, 1.82) is 0 Å². The topological polar surface area (TPSA) is 88.1 Å². The van der Waals surface area contributed by atoms with Gasteiger partial charge in [-0.3, -0.25) is 9.10 Å². The lowest BCUT2D eigenvalue weighted by Gasteiger charge is -2.26. The van der Waals surface area contributed by atoms with Crippen molar-refractivity contribution in [1.82, 2.24) is 5.43 Å². The number of para-hydroxylation sites is 1. The van der Waals surface area contributed by atoms with Crippen LogP contribution in [0.1, 0.15) is 21.5 Å². The van der Waals surface area contributed by atoms with Gasteiger partial charge in [0.1, 0.15) is 5.75 Å². The molecule has 0 saturated carbocycles. The second-order valence-corrected chi connectivity index (χ2v) is 12.0. The van der Waals surface area contributed by atoms with E-state index in [0.29, 0.717) is 5.75 Å². The Morgan fingerprint density at radius 2 is 1.36 bits per heavy atom. The quantitative estimate of drug-likeness (QED) is 0.109. The number of benzene rings is 6. The van der Waals surface area contributed by atoms with Crippen molar-refractivity contribution in [2.75, 3.05) is 11.4 Å². The van der Waals surface area contributed by atoms with Crippen LogP contribution < -0.4 is 14.5 Å². The molecule has 0 aliphatic carbocycles. The van der Waals surface area contributed by atoms with Crippen LogP contribution in [0.15, 0.2) is 143 Å². The Labute approximate surface area is 256 Å². The second kappa shape index (κ2) is 12.4. The highest BCUT2D eigenvalue weighted by atomic mass is 32.2. The molecule has 8 heteroatoms. The third-order valence-corrected chi connectivity index (χ3v) is 9.18. The third kappa shape index (κ3) is 5.75. The molecule has 0 radical (unpaired) electrons. The molecule has 0 aromatic heterocycles. The number of sulfonamides is 1. The molecule has 1 N–H and O–H groups in total. The molecule has 1 amide bonds. The second-order valence-electron chi connectivity index (χ2n) is 10.1. The number of nitrogens with zero attached hydrogens (tertiary/aromatic N) is 2. The van der Waals surface area contributed by atoms with E-state index in [9.17, 15) is 13.2 Å². The minimum atomic E-state index is -4.09. The van der Waals surface area contributed by atoms with E-state index in [1.54, 1.807) is 42.6 Å². The Kier molecular flexibility index (Phi) is 8.08. The molecule has 0 aliphatic rings. The number of fused-ring (bicyclic) bond motifs is 2. The normalized spacial score (nSPS) is 11.6. The van der Waals surface area contributed by atoms with Gasteiger partial charge in [-0.25, -0.2) is 13.8 Å². The van der Waals surface area contributed by atoms with Crippen molar-refractivity contribution in [2.24, 2.45) is 5.10 Å². The predicted molar refractivity (Wildman–Crippen MR) is 176 cm³/mol. The number of amides is 1. The first-order chi connectivity index (χ1) is 21.5. The van der Waals surface area contributed by atoms with Crippen molar-refractivity contribution in [2.45, 2.75) is 11.4 Å². The molecule has 0 spiro atoms. The van der Waals surface area contributed by atoms with Crippen LogP contribution >= 0.6 is 0 Å². The van der Waals surface area contributed by atoms with Crippen LogP contribution in [0.25, 0.3) is 21.5 Å². The first-order valence-electron chi connectivity index (χ1n) is 14.0. The number of carbonyl (C=O) groups excluding carboxylic acids is 1. The predicted octanol–water partition coefficient (Wildman–Crippen LogP) is 7.16. The summed E-state index contributed by atoms with van der Waals surface area (Å²) in [4.78, 5) is 13.7. The maximum Gasteiger partial charge on any atom is 0.273 e. The van der Waals surface area contributed by atoms with Gasteiger partial charge in [0.25, 0.3) is 15.9 Å². The molecule has 7 nitrogen and oxygen atoms in total. The molecule has 0 heterocycles. The van der Waals surface area contributed by atoms with E-state index in [1.807, 2.05) is 78.9 Å². The number of carbonyl (C=O) groups is 1. The van der Waals surface area contributed by atoms with Gasteiger partial charge in [0, 0.05) is 5.56 Å². The fraction of sp³-hybridized carbons (Fsp3) is 0.0556. The Morgan fingerprint density at radius 1 is 0.773 bits per heavy atom. The summed E-state index contributed by atoms with van der Waals surface area (Å²) in [5.41, 5.74) is 4.67.